The van der Waals surface area contributed by atoms with E-state index in [0.29, 0.717) is 5.56 Å². The van der Waals surface area contributed by atoms with Crippen LogP contribution in [0.5, 0.6) is 0 Å². The van der Waals surface area contributed by atoms with Crippen molar-refractivity contribution in [3.8, 4) is 0 Å². The molecule has 3 nitrogen and oxygen atoms in total. The number of nitrogens with zero attached hydrogens (tertiary/aromatic N) is 3. The lowest BCUT2D eigenvalue weighted by molar-refractivity contribution is 0.312. The number of aryl methyl sites for hydroxylation is 1. The highest BCUT2D eigenvalue weighted by atomic mass is 19.1. The van der Waals surface area contributed by atoms with Crippen molar-refractivity contribution in [2.45, 2.75) is 19.9 Å². The molecule has 24 heavy (non-hydrogen) atoms. The lowest BCUT2D eigenvalue weighted by atomic mass is 10.0. The van der Waals surface area contributed by atoms with E-state index in [1.54, 1.807) is 30.7 Å². The first-order valence-corrected chi connectivity index (χ1v) is 8.22. The van der Waals surface area contributed by atoms with Crippen LogP contribution in [0.4, 0.5) is 4.39 Å². The molecule has 0 unspecified atom stereocenters. The van der Waals surface area contributed by atoms with Crippen LogP contribution in [0.3, 0.4) is 0 Å². The highest BCUT2D eigenvalue weighted by Crippen LogP contribution is 2.32. The summed E-state index contributed by atoms with van der Waals surface area (Å²) in [4.78, 5) is 6.27. The SMILES string of the molecule is Cc1ccc2c(c1)c1c(n2/C=C(/F)c2ccncc2)CCN(C)C1. The maximum atomic E-state index is 14.8. The molecular formula is C20H20FN3. The lowest BCUT2D eigenvalue weighted by Gasteiger charge is -2.23. The first-order valence-electron chi connectivity index (χ1n) is 8.22. The van der Waals surface area contributed by atoms with Gasteiger partial charge in [-0.25, -0.2) is 4.39 Å². The molecule has 0 radical (unpaired) electrons. The van der Waals surface area contributed by atoms with Crippen LogP contribution >= 0.6 is 0 Å². The number of likely N-dealkylation sites (N-methyl/N-ethyl adjacent to an activating group) is 1. The number of pyridine rings is 1. The van der Waals surface area contributed by atoms with Gasteiger partial charge in [0, 0.05) is 54.7 Å². The predicted octanol–water partition coefficient (Wildman–Crippen LogP) is 4.26. The second kappa shape index (κ2) is 5.87. The van der Waals surface area contributed by atoms with Gasteiger partial charge in [-0.3, -0.25) is 4.98 Å². The molecule has 1 aliphatic heterocycles. The zero-order valence-electron chi connectivity index (χ0n) is 14.0. The van der Waals surface area contributed by atoms with E-state index in [0.717, 1.165) is 25.0 Å². The minimum absolute atomic E-state index is 0.239. The molecule has 1 aliphatic rings. The molecule has 0 saturated heterocycles. The second-order valence-electron chi connectivity index (χ2n) is 6.52. The van der Waals surface area contributed by atoms with E-state index in [-0.39, 0.29) is 5.83 Å². The summed E-state index contributed by atoms with van der Waals surface area (Å²) >= 11 is 0. The van der Waals surface area contributed by atoms with Crippen molar-refractivity contribution in [1.82, 2.24) is 14.5 Å². The van der Waals surface area contributed by atoms with Gasteiger partial charge < -0.3 is 9.47 Å². The molecule has 0 N–H and O–H groups in total. The van der Waals surface area contributed by atoms with Crippen molar-refractivity contribution in [1.29, 1.82) is 0 Å². The number of halogens is 1. The Morgan fingerprint density at radius 2 is 2.00 bits per heavy atom. The first-order chi connectivity index (χ1) is 11.6. The van der Waals surface area contributed by atoms with Gasteiger partial charge in [-0.05, 0) is 43.8 Å². The van der Waals surface area contributed by atoms with Crippen molar-refractivity contribution < 1.29 is 4.39 Å². The zero-order valence-corrected chi connectivity index (χ0v) is 14.0. The molecule has 0 fully saturated rings. The van der Waals surface area contributed by atoms with Crippen LogP contribution in [0.25, 0.3) is 22.9 Å². The van der Waals surface area contributed by atoms with E-state index in [4.69, 9.17) is 0 Å². The lowest BCUT2D eigenvalue weighted by Crippen LogP contribution is -2.26. The van der Waals surface area contributed by atoms with Crippen LogP contribution in [0.1, 0.15) is 22.4 Å². The van der Waals surface area contributed by atoms with E-state index < -0.39 is 0 Å². The summed E-state index contributed by atoms with van der Waals surface area (Å²) in [6, 6.07) is 9.79. The fraction of sp³-hybridized carbons (Fsp3) is 0.250. The Bertz CT molecular complexity index is 925. The normalized spacial score (nSPS) is 15.7. The second-order valence-corrected chi connectivity index (χ2v) is 6.52. The summed E-state index contributed by atoms with van der Waals surface area (Å²) in [6.45, 7) is 4.00. The van der Waals surface area contributed by atoms with Gasteiger partial charge in [0.1, 0.15) is 5.83 Å². The van der Waals surface area contributed by atoms with Crippen LogP contribution in [-0.4, -0.2) is 28.0 Å². The van der Waals surface area contributed by atoms with Gasteiger partial charge in [0.05, 0.1) is 5.52 Å². The summed E-state index contributed by atoms with van der Waals surface area (Å²) in [5.41, 5.74) is 5.40. The van der Waals surface area contributed by atoms with Gasteiger partial charge in [0.2, 0.25) is 0 Å². The Balaban J connectivity index is 1.92. The molecule has 2 aromatic heterocycles. The number of aromatic nitrogens is 2. The minimum Gasteiger partial charge on any atom is -0.317 e. The van der Waals surface area contributed by atoms with Gasteiger partial charge in [-0.1, -0.05) is 11.6 Å². The first kappa shape index (κ1) is 15.1. The summed E-state index contributed by atoms with van der Waals surface area (Å²) in [5, 5.41) is 1.23. The van der Waals surface area contributed by atoms with E-state index in [1.165, 1.54) is 22.2 Å². The molecule has 0 bridgehead atoms. The Labute approximate surface area is 141 Å². The van der Waals surface area contributed by atoms with E-state index in [9.17, 15) is 4.39 Å². The molecule has 0 amide bonds. The molecule has 3 aromatic rings. The molecular weight excluding hydrogens is 301 g/mol. The minimum atomic E-state index is -0.239. The monoisotopic (exact) mass is 321 g/mol. The molecule has 4 rings (SSSR count). The van der Waals surface area contributed by atoms with Crippen LogP contribution in [-0.2, 0) is 13.0 Å². The molecule has 4 heteroatoms. The third-order valence-electron chi connectivity index (χ3n) is 4.73. The molecule has 0 atom stereocenters. The van der Waals surface area contributed by atoms with E-state index in [1.807, 2.05) is 4.57 Å². The number of benzene rings is 1. The van der Waals surface area contributed by atoms with Crippen LogP contribution in [0.15, 0.2) is 42.7 Å². The molecule has 0 aliphatic carbocycles. The number of fused-ring (bicyclic) bond motifs is 3. The van der Waals surface area contributed by atoms with Crippen LogP contribution in [0.2, 0.25) is 0 Å². The Kier molecular flexibility index (Phi) is 3.69. The topological polar surface area (TPSA) is 21.1 Å². The molecule has 122 valence electrons. The van der Waals surface area contributed by atoms with Gasteiger partial charge in [0.15, 0.2) is 0 Å². The molecule has 0 saturated carbocycles. The van der Waals surface area contributed by atoms with Crippen molar-refractivity contribution >= 4 is 22.9 Å². The van der Waals surface area contributed by atoms with Crippen LogP contribution in [0, 0.1) is 6.92 Å². The van der Waals surface area contributed by atoms with Crippen LogP contribution < -0.4 is 0 Å². The van der Waals surface area contributed by atoms with Gasteiger partial charge in [-0.15, -0.1) is 0 Å². The molecule has 1 aromatic carbocycles. The average molecular weight is 321 g/mol. The smallest absolute Gasteiger partial charge is 0.147 e. The van der Waals surface area contributed by atoms with Crippen molar-refractivity contribution in [3.05, 3.63) is 65.1 Å². The fourth-order valence-corrected chi connectivity index (χ4v) is 3.49. The summed E-state index contributed by atoms with van der Waals surface area (Å²) in [6.07, 6.45) is 5.78. The maximum Gasteiger partial charge on any atom is 0.147 e. The summed E-state index contributed by atoms with van der Waals surface area (Å²) in [7, 11) is 2.13. The Morgan fingerprint density at radius 1 is 1.21 bits per heavy atom. The largest absolute Gasteiger partial charge is 0.317 e. The van der Waals surface area contributed by atoms with Crippen molar-refractivity contribution in [2.24, 2.45) is 0 Å². The number of hydrogen-bond acceptors (Lipinski definition) is 2. The summed E-state index contributed by atoms with van der Waals surface area (Å²) in [5.74, 6) is -0.239. The fourth-order valence-electron chi connectivity index (χ4n) is 3.49. The predicted molar refractivity (Wildman–Crippen MR) is 96.2 cm³/mol. The number of rotatable bonds is 2. The van der Waals surface area contributed by atoms with E-state index >= 15 is 0 Å². The molecule has 0 spiro atoms. The Morgan fingerprint density at radius 3 is 2.79 bits per heavy atom. The standard InChI is InChI=1S/C20H20FN3/c1-14-3-4-19-16(11-14)17-12-23(2)10-7-20(17)24(19)13-18(21)15-5-8-22-9-6-15/h3-6,8-9,11,13H,7,10,12H2,1-2H3/b18-13+. The quantitative estimate of drug-likeness (QED) is 0.703. The average Bonchev–Trinajstić information content (AvgIpc) is 2.88. The third kappa shape index (κ3) is 2.53. The maximum absolute atomic E-state index is 14.8. The van der Waals surface area contributed by atoms with E-state index in [2.05, 4.69) is 42.1 Å². The highest BCUT2D eigenvalue weighted by molar-refractivity contribution is 5.90. The number of hydrogen-bond donors (Lipinski definition) is 0. The summed E-state index contributed by atoms with van der Waals surface area (Å²) < 4.78 is 16.8. The van der Waals surface area contributed by atoms with Gasteiger partial charge in [-0.2, -0.15) is 0 Å². The zero-order chi connectivity index (χ0) is 16.7. The van der Waals surface area contributed by atoms with Gasteiger partial charge in [0.25, 0.3) is 0 Å². The third-order valence-corrected chi connectivity index (χ3v) is 4.73. The van der Waals surface area contributed by atoms with Crippen molar-refractivity contribution in [2.75, 3.05) is 13.6 Å². The molecule has 3 heterocycles. The Hall–Kier alpha value is -2.46. The van der Waals surface area contributed by atoms with Crippen molar-refractivity contribution in [3.63, 3.8) is 0 Å². The highest BCUT2D eigenvalue weighted by Gasteiger charge is 2.22. The van der Waals surface area contributed by atoms with Gasteiger partial charge >= 0.3 is 0 Å².